The predicted molar refractivity (Wildman–Crippen MR) is 87.4 cm³/mol. The van der Waals surface area contributed by atoms with Gasteiger partial charge in [-0.15, -0.1) is 11.3 Å². The molecule has 2 N–H and O–H groups in total. The summed E-state index contributed by atoms with van der Waals surface area (Å²) in [5.74, 6) is 0. The van der Waals surface area contributed by atoms with E-state index in [4.69, 9.17) is 0 Å². The first-order chi connectivity index (χ1) is 10.1. The van der Waals surface area contributed by atoms with Crippen LogP contribution in [0, 0.1) is 6.92 Å². The molecule has 3 nitrogen and oxygen atoms in total. The van der Waals surface area contributed by atoms with E-state index in [0.29, 0.717) is 6.54 Å². The molecule has 0 bridgehead atoms. The van der Waals surface area contributed by atoms with Gasteiger partial charge in [0.15, 0.2) is 0 Å². The highest BCUT2D eigenvalue weighted by molar-refractivity contribution is 7.13. The Bertz CT molecular complexity index is 585. The molecule has 1 aromatic carbocycles. The summed E-state index contributed by atoms with van der Waals surface area (Å²) in [6, 6.07) is 8.47. The van der Waals surface area contributed by atoms with Gasteiger partial charge in [-0.1, -0.05) is 42.7 Å². The lowest BCUT2D eigenvalue weighted by Gasteiger charge is -2.22. The molecule has 0 atom stereocenters. The van der Waals surface area contributed by atoms with E-state index in [2.05, 4.69) is 46.9 Å². The molecule has 112 valence electrons. The fourth-order valence-electron chi connectivity index (χ4n) is 2.85. The molecular weight excluding hydrogens is 280 g/mol. The van der Waals surface area contributed by atoms with E-state index in [-0.39, 0.29) is 0 Å². The minimum Gasteiger partial charge on any atom is -0.389 e. The molecule has 0 aliphatic heterocycles. The standard InChI is InChI=1S/C17H22N2OS/c1-13-4-6-14(7-5-13)16-19-15(11-21-16)10-18-12-17(20)8-2-3-9-17/h4-7,11,18,20H,2-3,8-10,12H2,1H3. The van der Waals surface area contributed by atoms with E-state index >= 15 is 0 Å². The first kappa shape index (κ1) is 14.7. The van der Waals surface area contributed by atoms with Gasteiger partial charge in [-0.05, 0) is 19.8 Å². The van der Waals surface area contributed by atoms with Crippen LogP contribution in [-0.4, -0.2) is 22.2 Å². The highest BCUT2D eigenvalue weighted by atomic mass is 32.1. The SMILES string of the molecule is Cc1ccc(-c2nc(CNCC3(O)CCCC3)cs2)cc1. The molecule has 3 rings (SSSR count). The molecule has 1 saturated carbocycles. The third-order valence-corrected chi connectivity index (χ3v) is 5.08. The van der Waals surface area contributed by atoms with E-state index in [0.717, 1.165) is 42.9 Å². The number of aromatic nitrogens is 1. The zero-order chi connectivity index (χ0) is 14.7. The summed E-state index contributed by atoms with van der Waals surface area (Å²) >= 11 is 1.68. The number of thiazole rings is 1. The average molecular weight is 302 g/mol. The average Bonchev–Trinajstić information content (AvgIpc) is 3.10. The summed E-state index contributed by atoms with van der Waals surface area (Å²) in [6.07, 6.45) is 4.14. The van der Waals surface area contributed by atoms with Gasteiger partial charge in [0.05, 0.1) is 11.3 Å². The van der Waals surface area contributed by atoms with Crippen molar-refractivity contribution in [2.45, 2.75) is 44.8 Å². The van der Waals surface area contributed by atoms with Crippen molar-refractivity contribution in [1.29, 1.82) is 0 Å². The number of benzene rings is 1. The quantitative estimate of drug-likeness (QED) is 0.888. The molecule has 0 unspecified atom stereocenters. The summed E-state index contributed by atoms with van der Waals surface area (Å²) in [6.45, 7) is 3.49. The van der Waals surface area contributed by atoms with Gasteiger partial charge in [-0.3, -0.25) is 0 Å². The molecule has 1 fully saturated rings. The number of hydrogen-bond donors (Lipinski definition) is 2. The fraction of sp³-hybridized carbons (Fsp3) is 0.471. The number of aliphatic hydroxyl groups is 1. The van der Waals surface area contributed by atoms with Gasteiger partial charge >= 0.3 is 0 Å². The van der Waals surface area contributed by atoms with Crippen LogP contribution in [0.25, 0.3) is 10.6 Å². The second-order valence-electron chi connectivity index (χ2n) is 6.05. The molecular formula is C17H22N2OS. The third-order valence-electron chi connectivity index (χ3n) is 4.14. The zero-order valence-electron chi connectivity index (χ0n) is 12.4. The lowest BCUT2D eigenvalue weighted by atomic mass is 10.0. The lowest BCUT2D eigenvalue weighted by Crippen LogP contribution is -2.37. The van der Waals surface area contributed by atoms with Crippen LogP contribution in [0.5, 0.6) is 0 Å². The van der Waals surface area contributed by atoms with Crippen LogP contribution in [0.4, 0.5) is 0 Å². The monoisotopic (exact) mass is 302 g/mol. The van der Waals surface area contributed by atoms with Gasteiger partial charge < -0.3 is 10.4 Å². The molecule has 0 saturated heterocycles. The Morgan fingerprint density at radius 1 is 1.24 bits per heavy atom. The summed E-state index contributed by atoms with van der Waals surface area (Å²) in [7, 11) is 0. The number of aryl methyl sites for hydroxylation is 1. The molecule has 1 aromatic heterocycles. The van der Waals surface area contributed by atoms with Crippen LogP contribution >= 0.6 is 11.3 Å². The fourth-order valence-corrected chi connectivity index (χ4v) is 3.68. The maximum Gasteiger partial charge on any atom is 0.123 e. The van der Waals surface area contributed by atoms with Crippen LogP contribution in [0.3, 0.4) is 0 Å². The van der Waals surface area contributed by atoms with Gasteiger partial charge in [-0.25, -0.2) is 4.98 Å². The second kappa shape index (κ2) is 6.26. The molecule has 0 radical (unpaired) electrons. The van der Waals surface area contributed by atoms with Gasteiger partial charge in [0.2, 0.25) is 0 Å². The van der Waals surface area contributed by atoms with E-state index < -0.39 is 5.60 Å². The number of nitrogens with zero attached hydrogens (tertiary/aromatic N) is 1. The first-order valence-electron chi connectivity index (χ1n) is 7.59. The summed E-state index contributed by atoms with van der Waals surface area (Å²) in [5.41, 5.74) is 3.00. The zero-order valence-corrected chi connectivity index (χ0v) is 13.2. The third kappa shape index (κ3) is 3.70. The molecule has 2 aromatic rings. The second-order valence-corrected chi connectivity index (χ2v) is 6.90. The number of nitrogens with one attached hydrogen (secondary N) is 1. The van der Waals surface area contributed by atoms with Gasteiger partial charge in [0.25, 0.3) is 0 Å². The van der Waals surface area contributed by atoms with Gasteiger partial charge in [0, 0.05) is 24.0 Å². The molecule has 21 heavy (non-hydrogen) atoms. The molecule has 1 heterocycles. The van der Waals surface area contributed by atoms with Crippen molar-refractivity contribution in [3.05, 3.63) is 40.9 Å². The van der Waals surface area contributed by atoms with E-state index in [9.17, 15) is 5.11 Å². The van der Waals surface area contributed by atoms with E-state index in [1.54, 1.807) is 11.3 Å². The summed E-state index contributed by atoms with van der Waals surface area (Å²) in [5, 5.41) is 16.8. The Morgan fingerprint density at radius 3 is 2.67 bits per heavy atom. The van der Waals surface area contributed by atoms with Crippen LogP contribution in [0.1, 0.15) is 36.9 Å². The van der Waals surface area contributed by atoms with Crippen LogP contribution in [0.15, 0.2) is 29.6 Å². The Hall–Kier alpha value is -1.23. The Balaban J connectivity index is 1.56. The van der Waals surface area contributed by atoms with Crippen LogP contribution in [0.2, 0.25) is 0 Å². The maximum atomic E-state index is 10.3. The maximum absolute atomic E-state index is 10.3. The predicted octanol–water partition coefficient (Wildman–Crippen LogP) is 3.51. The Morgan fingerprint density at radius 2 is 1.95 bits per heavy atom. The molecule has 0 amide bonds. The lowest BCUT2D eigenvalue weighted by molar-refractivity contribution is 0.0474. The van der Waals surface area contributed by atoms with Crippen molar-refractivity contribution in [3.8, 4) is 10.6 Å². The number of hydrogen-bond acceptors (Lipinski definition) is 4. The van der Waals surface area contributed by atoms with Gasteiger partial charge in [-0.2, -0.15) is 0 Å². The molecule has 0 spiro atoms. The molecule has 4 heteroatoms. The smallest absolute Gasteiger partial charge is 0.123 e. The topological polar surface area (TPSA) is 45.2 Å². The minimum absolute atomic E-state index is 0.490. The summed E-state index contributed by atoms with van der Waals surface area (Å²) < 4.78 is 0. The van der Waals surface area contributed by atoms with Gasteiger partial charge in [0.1, 0.15) is 5.01 Å². The van der Waals surface area contributed by atoms with Crippen LogP contribution < -0.4 is 5.32 Å². The number of rotatable bonds is 5. The highest BCUT2D eigenvalue weighted by Crippen LogP contribution is 2.29. The summed E-state index contributed by atoms with van der Waals surface area (Å²) in [4.78, 5) is 4.67. The van der Waals surface area contributed by atoms with Crippen molar-refractivity contribution in [2.75, 3.05) is 6.54 Å². The first-order valence-corrected chi connectivity index (χ1v) is 8.47. The van der Waals surface area contributed by atoms with E-state index in [1.807, 2.05) is 0 Å². The normalized spacial score (nSPS) is 17.2. The van der Waals surface area contributed by atoms with Crippen molar-refractivity contribution < 1.29 is 5.11 Å². The van der Waals surface area contributed by atoms with E-state index in [1.165, 1.54) is 11.1 Å². The largest absolute Gasteiger partial charge is 0.389 e. The van der Waals surface area contributed by atoms with Crippen molar-refractivity contribution in [3.63, 3.8) is 0 Å². The Labute approximate surface area is 130 Å². The van der Waals surface area contributed by atoms with Crippen molar-refractivity contribution in [2.24, 2.45) is 0 Å². The highest BCUT2D eigenvalue weighted by Gasteiger charge is 2.30. The minimum atomic E-state index is -0.490. The Kier molecular flexibility index (Phi) is 4.38. The van der Waals surface area contributed by atoms with Crippen LogP contribution in [-0.2, 0) is 6.54 Å². The molecule has 1 aliphatic rings. The van der Waals surface area contributed by atoms with Crippen molar-refractivity contribution >= 4 is 11.3 Å². The van der Waals surface area contributed by atoms with Crippen molar-refractivity contribution in [1.82, 2.24) is 10.3 Å². The molecule has 1 aliphatic carbocycles.